The van der Waals surface area contributed by atoms with Crippen molar-refractivity contribution in [3.05, 3.63) is 48.0 Å². The molecule has 0 saturated carbocycles. The van der Waals surface area contributed by atoms with Gasteiger partial charge >= 0.3 is 0 Å². The Hall–Kier alpha value is -1.81. The molecular weight excluding hydrogens is 252 g/mol. The highest BCUT2D eigenvalue weighted by molar-refractivity contribution is 5.38. The molecule has 4 heteroatoms. The van der Waals surface area contributed by atoms with Crippen LogP contribution in [0.5, 0.6) is 5.75 Å². The van der Waals surface area contributed by atoms with Gasteiger partial charge in [0, 0.05) is 18.9 Å². The van der Waals surface area contributed by atoms with Crippen molar-refractivity contribution < 1.29 is 9.84 Å². The van der Waals surface area contributed by atoms with Gasteiger partial charge in [0.05, 0.1) is 19.0 Å². The monoisotopic (exact) mass is 272 g/mol. The van der Waals surface area contributed by atoms with Gasteiger partial charge in [0.1, 0.15) is 5.75 Å². The number of aliphatic hydroxyl groups excluding tert-OH is 1. The summed E-state index contributed by atoms with van der Waals surface area (Å²) in [5, 5.41) is 10.0. The molecule has 3 rings (SSSR count). The van der Waals surface area contributed by atoms with Gasteiger partial charge in [-0.3, -0.25) is 0 Å². The summed E-state index contributed by atoms with van der Waals surface area (Å²) in [4.78, 5) is 4.01. The summed E-state index contributed by atoms with van der Waals surface area (Å²) in [7, 11) is 0. The fourth-order valence-electron chi connectivity index (χ4n) is 2.70. The number of ether oxygens (including phenoxy) is 1. The molecule has 0 radical (unpaired) electrons. The van der Waals surface area contributed by atoms with E-state index in [0.717, 1.165) is 43.5 Å². The Morgan fingerprint density at radius 3 is 3.20 bits per heavy atom. The van der Waals surface area contributed by atoms with E-state index in [4.69, 9.17) is 4.74 Å². The van der Waals surface area contributed by atoms with E-state index in [1.165, 1.54) is 5.56 Å². The highest BCUT2D eigenvalue weighted by Crippen LogP contribution is 2.32. The number of imidazole rings is 1. The lowest BCUT2D eigenvalue weighted by atomic mass is 9.89. The van der Waals surface area contributed by atoms with Crippen molar-refractivity contribution in [3.8, 4) is 5.75 Å². The first-order valence-corrected chi connectivity index (χ1v) is 7.22. The average Bonchev–Trinajstić information content (AvgIpc) is 2.98. The van der Waals surface area contributed by atoms with E-state index in [1.54, 1.807) is 6.20 Å². The SMILES string of the molecule is OC1CCCc2ccc(OCCCn3ccnc3)cc21. The summed E-state index contributed by atoms with van der Waals surface area (Å²) in [5.74, 6) is 0.857. The zero-order valence-electron chi connectivity index (χ0n) is 11.5. The van der Waals surface area contributed by atoms with Gasteiger partial charge < -0.3 is 14.4 Å². The van der Waals surface area contributed by atoms with Crippen molar-refractivity contribution in [2.75, 3.05) is 6.61 Å². The molecule has 0 amide bonds. The highest BCUT2D eigenvalue weighted by Gasteiger charge is 2.18. The maximum atomic E-state index is 10.0. The first-order chi connectivity index (χ1) is 9.83. The first kappa shape index (κ1) is 13.2. The van der Waals surface area contributed by atoms with E-state index >= 15 is 0 Å². The molecular formula is C16H20N2O2. The quantitative estimate of drug-likeness (QED) is 0.851. The normalized spacial score (nSPS) is 17.8. The van der Waals surface area contributed by atoms with Crippen molar-refractivity contribution in [1.29, 1.82) is 0 Å². The van der Waals surface area contributed by atoms with Crippen molar-refractivity contribution in [2.45, 2.75) is 38.3 Å². The molecule has 1 N–H and O–H groups in total. The molecule has 1 aromatic heterocycles. The maximum absolute atomic E-state index is 10.0. The second-order valence-electron chi connectivity index (χ2n) is 5.27. The van der Waals surface area contributed by atoms with Crippen LogP contribution in [0.4, 0.5) is 0 Å². The largest absolute Gasteiger partial charge is 0.494 e. The molecule has 20 heavy (non-hydrogen) atoms. The van der Waals surface area contributed by atoms with Gasteiger partial charge in [-0.05, 0) is 48.9 Å². The zero-order chi connectivity index (χ0) is 13.8. The molecule has 0 bridgehead atoms. The molecule has 2 aromatic rings. The number of aromatic nitrogens is 2. The van der Waals surface area contributed by atoms with Crippen LogP contribution in [0.25, 0.3) is 0 Å². The van der Waals surface area contributed by atoms with Gasteiger partial charge in [-0.2, -0.15) is 0 Å². The molecule has 0 aliphatic heterocycles. The average molecular weight is 272 g/mol. The standard InChI is InChI=1S/C16H20N2O2/c19-16-4-1-3-13-5-6-14(11-15(13)16)20-10-2-8-18-9-7-17-12-18/h5-7,9,11-12,16,19H,1-4,8,10H2. The van der Waals surface area contributed by atoms with Crippen LogP contribution >= 0.6 is 0 Å². The number of nitrogens with zero attached hydrogens (tertiary/aromatic N) is 2. The van der Waals surface area contributed by atoms with Crippen LogP contribution in [0, 0.1) is 0 Å². The topological polar surface area (TPSA) is 47.3 Å². The summed E-state index contributed by atoms with van der Waals surface area (Å²) < 4.78 is 7.82. The second-order valence-corrected chi connectivity index (χ2v) is 5.27. The number of benzene rings is 1. The number of aliphatic hydroxyl groups is 1. The minimum absolute atomic E-state index is 0.326. The molecule has 4 nitrogen and oxygen atoms in total. The number of hydrogen-bond acceptors (Lipinski definition) is 3. The minimum atomic E-state index is -0.326. The van der Waals surface area contributed by atoms with Crippen LogP contribution < -0.4 is 4.74 Å². The Morgan fingerprint density at radius 2 is 2.35 bits per heavy atom. The predicted molar refractivity (Wildman–Crippen MR) is 76.7 cm³/mol. The van der Waals surface area contributed by atoms with Gasteiger partial charge in [-0.25, -0.2) is 4.98 Å². The molecule has 1 unspecified atom stereocenters. The molecule has 1 aliphatic rings. The van der Waals surface area contributed by atoms with Crippen LogP contribution in [-0.2, 0) is 13.0 Å². The lowest BCUT2D eigenvalue weighted by Crippen LogP contribution is -2.10. The molecule has 1 atom stereocenters. The fourth-order valence-corrected chi connectivity index (χ4v) is 2.70. The summed E-state index contributed by atoms with van der Waals surface area (Å²) >= 11 is 0. The van der Waals surface area contributed by atoms with Gasteiger partial charge in [0.15, 0.2) is 0 Å². The van der Waals surface area contributed by atoms with Crippen molar-refractivity contribution >= 4 is 0 Å². The number of hydrogen-bond donors (Lipinski definition) is 1. The number of fused-ring (bicyclic) bond motifs is 1. The summed E-state index contributed by atoms with van der Waals surface area (Å²) in [6, 6.07) is 6.09. The van der Waals surface area contributed by atoms with Gasteiger partial charge in [-0.15, -0.1) is 0 Å². The van der Waals surface area contributed by atoms with E-state index in [0.29, 0.717) is 6.61 Å². The van der Waals surface area contributed by atoms with Crippen LogP contribution in [0.2, 0.25) is 0 Å². The van der Waals surface area contributed by atoms with E-state index < -0.39 is 0 Å². The Labute approximate surface area is 119 Å². The van der Waals surface area contributed by atoms with Crippen molar-refractivity contribution in [2.24, 2.45) is 0 Å². The third kappa shape index (κ3) is 3.02. The molecule has 1 aromatic carbocycles. The van der Waals surface area contributed by atoms with E-state index in [2.05, 4.69) is 11.1 Å². The second kappa shape index (κ2) is 6.09. The Morgan fingerprint density at radius 1 is 1.40 bits per heavy atom. The van der Waals surface area contributed by atoms with Crippen LogP contribution in [0.15, 0.2) is 36.9 Å². The zero-order valence-corrected chi connectivity index (χ0v) is 11.5. The summed E-state index contributed by atoms with van der Waals surface area (Å²) in [6.07, 6.45) is 9.16. The Kier molecular flexibility index (Phi) is 4.02. The lowest BCUT2D eigenvalue weighted by Gasteiger charge is -2.22. The van der Waals surface area contributed by atoms with Crippen LogP contribution in [0.3, 0.4) is 0 Å². The van der Waals surface area contributed by atoms with E-state index in [-0.39, 0.29) is 6.10 Å². The van der Waals surface area contributed by atoms with E-state index in [1.807, 2.05) is 29.2 Å². The first-order valence-electron chi connectivity index (χ1n) is 7.22. The fraction of sp³-hybridized carbons (Fsp3) is 0.438. The summed E-state index contributed by atoms with van der Waals surface area (Å²) in [5.41, 5.74) is 2.30. The summed E-state index contributed by atoms with van der Waals surface area (Å²) in [6.45, 7) is 1.58. The number of rotatable bonds is 5. The smallest absolute Gasteiger partial charge is 0.119 e. The third-order valence-electron chi connectivity index (χ3n) is 3.79. The van der Waals surface area contributed by atoms with Gasteiger partial charge in [0.25, 0.3) is 0 Å². The predicted octanol–water partition coefficient (Wildman–Crippen LogP) is 2.72. The molecule has 1 heterocycles. The van der Waals surface area contributed by atoms with Crippen molar-refractivity contribution in [3.63, 3.8) is 0 Å². The Bertz CT molecular complexity index is 552. The maximum Gasteiger partial charge on any atom is 0.119 e. The van der Waals surface area contributed by atoms with Crippen LogP contribution in [0.1, 0.15) is 36.5 Å². The lowest BCUT2D eigenvalue weighted by molar-refractivity contribution is 0.156. The molecule has 0 spiro atoms. The van der Waals surface area contributed by atoms with Gasteiger partial charge in [0.2, 0.25) is 0 Å². The third-order valence-corrected chi connectivity index (χ3v) is 3.79. The van der Waals surface area contributed by atoms with Gasteiger partial charge in [-0.1, -0.05) is 6.07 Å². The molecule has 1 aliphatic carbocycles. The van der Waals surface area contributed by atoms with Crippen LogP contribution in [-0.4, -0.2) is 21.3 Å². The molecule has 0 saturated heterocycles. The Balaban J connectivity index is 1.54. The molecule has 0 fully saturated rings. The number of aryl methyl sites for hydroxylation is 2. The molecule has 106 valence electrons. The minimum Gasteiger partial charge on any atom is -0.494 e. The van der Waals surface area contributed by atoms with Crippen molar-refractivity contribution in [1.82, 2.24) is 9.55 Å². The highest BCUT2D eigenvalue weighted by atomic mass is 16.5. The van der Waals surface area contributed by atoms with E-state index in [9.17, 15) is 5.11 Å².